The van der Waals surface area contributed by atoms with E-state index in [2.05, 4.69) is 82.5 Å². The maximum atomic E-state index is 10.5. The van der Waals surface area contributed by atoms with Crippen LogP contribution in [0.3, 0.4) is 0 Å². The maximum Gasteiger partial charge on any atom is 0.494 e. The highest BCUT2D eigenvalue weighted by Gasteiger charge is 2.51. The zero-order valence-electron chi connectivity index (χ0n) is 27.9. The van der Waals surface area contributed by atoms with Gasteiger partial charge in [0.2, 0.25) is 0 Å². The number of unbranched alkanes of at least 4 members (excludes halogenated alkanes) is 1. The van der Waals surface area contributed by atoms with Gasteiger partial charge in [-0.3, -0.25) is 0 Å². The molecule has 0 spiro atoms. The number of fused-ring (bicyclic) bond motifs is 3. The minimum Gasteiger partial charge on any atom is -0.427 e. The molecule has 1 N–H and O–H groups in total. The Morgan fingerprint density at radius 3 is 2.02 bits per heavy atom. The molecule has 1 aliphatic heterocycles. The molecule has 1 unspecified atom stereocenters. The average molecular weight is 562 g/mol. The van der Waals surface area contributed by atoms with Gasteiger partial charge >= 0.3 is 14.6 Å². The normalized spacial score (nSPS) is 17.5. The number of nitrogens with zero attached hydrogens (tertiary/aromatic N) is 1. The van der Waals surface area contributed by atoms with Crippen LogP contribution in [0.2, 0.25) is 0 Å². The van der Waals surface area contributed by atoms with Crippen LogP contribution in [0.4, 0.5) is 0 Å². The third-order valence-electron chi connectivity index (χ3n) is 9.39. The molecule has 1 saturated heterocycles. The van der Waals surface area contributed by atoms with Crippen molar-refractivity contribution in [2.45, 2.75) is 138 Å². The molecule has 1 aliphatic rings. The predicted molar refractivity (Wildman–Crippen MR) is 177 cm³/mol. The van der Waals surface area contributed by atoms with Gasteiger partial charge in [0.25, 0.3) is 0 Å². The third kappa shape index (κ3) is 7.06. The zero-order valence-corrected chi connectivity index (χ0v) is 27.9. The summed E-state index contributed by atoms with van der Waals surface area (Å²) in [5.41, 5.74) is 1.99. The lowest BCUT2D eigenvalue weighted by Gasteiger charge is -2.37. The van der Waals surface area contributed by atoms with E-state index in [1.807, 2.05) is 27.7 Å². The number of benzene rings is 2. The molecule has 7 heteroatoms. The van der Waals surface area contributed by atoms with Crippen molar-refractivity contribution in [1.82, 2.24) is 4.57 Å². The smallest absolute Gasteiger partial charge is 0.427 e. The monoisotopic (exact) mass is 562 g/mol. The SMILES string of the molecule is CC.CCCCC(CC)Cn1c2cc([B]OC(C)(C)C(C)(C)O)ccc2c2ccc(B3OC(C)(C)C(C)(C)O3)cc21. The summed E-state index contributed by atoms with van der Waals surface area (Å²) in [5.74, 6) is 0.599. The van der Waals surface area contributed by atoms with Crippen LogP contribution in [0.1, 0.15) is 109 Å². The lowest BCUT2D eigenvalue weighted by atomic mass is 9.78. The number of hydrogen-bond acceptors (Lipinski definition) is 4. The molecule has 1 atom stereocenters. The fraction of sp³-hybridized carbons (Fsp3) is 0.647. The Bertz CT molecular complexity index is 1290. The summed E-state index contributed by atoms with van der Waals surface area (Å²) < 4.78 is 21.4. The van der Waals surface area contributed by atoms with Gasteiger partial charge in [0.15, 0.2) is 0 Å². The molecule has 1 radical (unpaired) electrons. The van der Waals surface area contributed by atoms with E-state index >= 15 is 0 Å². The maximum absolute atomic E-state index is 10.5. The largest absolute Gasteiger partial charge is 0.494 e. The molecular formula is C34H54B2NO4. The fourth-order valence-corrected chi connectivity index (χ4v) is 5.06. The van der Waals surface area contributed by atoms with Crippen LogP contribution >= 0.6 is 0 Å². The summed E-state index contributed by atoms with van der Waals surface area (Å²) in [7, 11) is 1.39. The third-order valence-corrected chi connectivity index (χ3v) is 9.39. The van der Waals surface area contributed by atoms with Gasteiger partial charge in [0, 0.05) is 28.4 Å². The van der Waals surface area contributed by atoms with Gasteiger partial charge in [0.1, 0.15) is 0 Å². The van der Waals surface area contributed by atoms with Gasteiger partial charge in [0.05, 0.1) is 22.4 Å². The molecular weight excluding hydrogens is 508 g/mol. The molecule has 0 amide bonds. The van der Waals surface area contributed by atoms with Crippen molar-refractivity contribution < 1.29 is 19.1 Å². The molecule has 2 heterocycles. The first-order chi connectivity index (χ1) is 19.1. The van der Waals surface area contributed by atoms with E-state index in [1.54, 1.807) is 21.3 Å². The van der Waals surface area contributed by atoms with Gasteiger partial charge in [-0.05, 0) is 85.3 Å². The van der Waals surface area contributed by atoms with E-state index < -0.39 is 18.3 Å². The molecule has 1 aromatic heterocycles. The van der Waals surface area contributed by atoms with Gasteiger partial charge in [-0.25, -0.2) is 0 Å². The van der Waals surface area contributed by atoms with Crippen molar-refractivity contribution in [2.75, 3.05) is 0 Å². The summed E-state index contributed by atoms with van der Waals surface area (Å²) in [4.78, 5) is 0. The van der Waals surface area contributed by atoms with Gasteiger partial charge < -0.3 is 23.6 Å². The van der Waals surface area contributed by atoms with Crippen LogP contribution in [0.25, 0.3) is 21.8 Å². The van der Waals surface area contributed by atoms with E-state index in [0.717, 1.165) is 23.9 Å². The van der Waals surface area contributed by atoms with Gasteiger partial charge in [-0.2, -0.15) is 0 Å². The highest BCUT2D eigenvalue weighted by Crippen LogP contribution is 2.37. The second kappa shape index (κ2) is 12.8. The molecule has 0 saturated carbocycles. The highest BCUT2D eigenvalue weighted by atomic mass is 16.7. The van der Waals surface area contributed by atoms with Crippen LogP contribution in [0, 0.1) is 5.92 Å². The first-order valence-corrected chi connectivity index (χ1v) is 15.7. The quantitative estimate of drug-likeness (QED) is 0.252. The molecule has 2 aromatic carbocycles. The van der Waals surface area contributed by atoms with E-state index in [-0.39, 0.29) is 11.2 Å². The predicted octanol–water partition coefficient (Wildman–Crippen LogP) is 7.15. The van der Waals surface area contributed by atoms with Crippen LogP contribution in [0.5, 0.6) is 0 Å². The van der Waals surface area contributed by atoms with Crippen molar-refractivity contribution in [1.29, 1.82) is 0 Å². The fourth-order valence-electron chi connectivity index (χ4n) is 5.06. The molecule has 5 nitrogen and oxygen atoms in total. The van der Waals surface area contributed by atoms with E-state index in [0.29, 0.717) is 5.92 Å². The Labute approximate surface area is 250 Å². The summed E-state index contributed by atoms with van der Waals surface area (Å²) in [5, 5.41) is 13.0. The number of aliphatic hydroxyl groups is 1. The Morgan fingerprint density at radius 1 is 0.927 bits per heavy atom. The Balaban J connectivity index is 0.00000226. The molecule has 1 fully saturated rings. The minimum absolute atomic E-state index is 0.381. The molecule has 0 bridgehead atoms. The standard InChI is InChI=1S/C32H48B2NO4.C2H6/c1-11-13-14-22(12-2)21-35-27-19-23(33-37-30(5,6)29(3,4)36)15-17-25(27)26-18-16-24(20-28(26)35)34-38-31(7,8)32(9,10)39-34;1-2/h15-20,22,36H,11-14,21H2,1-10H3;1-2H3. The van der Waals surface area contributed by atoms with Crippen molar-refractivity contribution >= 4 is 47.3 Å². The van der Waals surface area contributed by atoms with Crippen molar-refractivity contribution in [3.05, 3.63) is 36.4 Å². The van der Waals surface area contributed by atoms with Crippen molar-refractivity contribution in [2.24, 2.45) is 5.92 Å². The molecule has 225 valence electrons. The molecule has 3 aromatic rings. The Hall–Kier alpha value is -1.79. The lowest BCUT2D eigenvalue weighted by molar-refractivity contribution is -0.0893. The van der Waals surface area contributed by atoms with Crippen LogP contribution < -0.4 is 10.9 Å². The van der Waals surface area contributed by atoms with E-state index in [9.17, 15) is 5.11 Å². The molecule has 0 aliphatic carbocycles. The van der Waals surface area contributed by atoms with E-state index in [1.165, 1.54) is 41.1 Å². The summed E-state index contributed by atoms with van der Waals surface area (Å²) in [6, 6.07) is 13.2. The number of aromatic nitrogens is 1. The van der Waals surface area contributed by atoms with Gasteiger partial charge in [-0.15, -0.1) is 0 Å². The molecule has 41 heavy (non-hydrogen) atoms. The Kier molecular flexibility index (Phi) is 10.5. The van der Waals surface area contributed by atoms with Crippen molar-refractivity contribution in [3.8, 4) is 0 Å². The number of hydrogen-bond donors (Lipinski definition) is 1. The minimum atomic E-state index is -0.972. The highest BCUT2D eigenvalue weighted by molar-refractivity contribution is 6.62. The van der Waals surface area contributed by atoms with Crippen LogP contribution in [-0.2, 0) is 20.5 Å². The summed E-state index contributed by atoms with van der Waals surface area (Å²) >= 11 is 0. The van der Waals surface area contributed by atoms with E-state index in [4.69, 9.17) is 14.0 Å². The average Bonchev–Trinajstić information content (AvgIpc) is 3.33. The van der Waals surface area contributed by atoms with Crippen molar-refractivity contribution in [3.63, 3.8) is 0 Å². The second-order valence-electron chi connectivity index (χ2n) is 13.5. The van der Waals surface area contributed by atoms with Crippen LogP contribution in [-0.4, -0.2) is 46.7 Å². The number of rotatable bonds is 11. The molecule has 4 rings (SSSR count). The second-order valence-corrected chi connectivity index (χ2v) is 13.5. The summed E-state index contributed by atoms with van der Waals surface area (Å²) in [6.45, 7) is 25.3. The first kappa shape index (κ1) is 33.7. The van der Waals surface area contributed by atoms with Gasteiger partial charge in [-0.1, -0.05) is 76.7 Å². The lowest BCUT2D eigenvalue weighted by Crippen LogP contribution is -2.49. The Morgan fingerprint density at radius 2 is 1.49 bits per heavy atom. The zero-order chi connectivity index (χ0) is 30.8. The summed E-state index contributed by atoms with van der Waals surface area (Å²) in [6.07, 6.45) is 4.82. The first-order valence-electron chi connectivity index (χ1n) is 15.7. The van der Waals surface area contributed by atoms with Crippen LogP contribution in [0.15, 0.2) is 36.4 Å². The topological polar surface area (TPSA) is 52.9 Å².